The highest BCUT2D eigenvalue weighted by molar-refractivity contribution is 6.02. The topological polar surface area (TPSA) is 120 Å². The van der Waals surface area contributed by atoms with Crippen molar-refractivity contribution in [2.75, 3.05) is 31.0 Å². The second kappa shape index (κ2) is 9.87. The monoisotopic (exact) mass is 482 g/mol. The molecule has 0 spiro atoms. The number of carbonyl (C=O) groups excluding carboxylic acids is 2. The maximum atomic E-state index is 13.0. The van der Waals surface area contributed by atoms with Gasteiger partial charge < -0.3 is 19.5 Å². The quantitative estimate of drug-likeness (QED) is 0.475. The van der Waals surface area contributed by atoms with Crippen molar-refractivity contribution in [2.24, 2.45) is 0 Å². The molecule has 0 atom stereocenters. The summed E-state index contributed by atoms with van der Waals surface area (Å²) in [7, 11) is 3.09. The molecule has 186 valence electrons. The Morgan fingerprint density at radius 1 is 1.29 bits per heavy atom. The zero-order chi connectivity index (χ0) is 25.2. The third-order valence-corrected chi connectivity index (χ3v) is 5.49. The van der Waals surface area contributed by atoms with E-state index in [0.717, 1.165) is 19.3 Å². The molecule has 35 heavy (non-hydrogen) atoms. The van der Waals surface area contributed by atoms with Gasteiger partial charge in [-0.2, -0.15) is 9.61 Å². The molecule has 3 aromatic rings. The standard InChI is InChI=1S/C24H30N6O5/c1-24(2,3)35-23(32)29(4)20-12-19(27-17-10-7-11-25-22(17)33-5)28-21-16(13-26-30(20)21)18(31)14-34-15-8-6-9-15/h7,10-13,15H,6,8-9,14H2,1-5H3,(H,27,28). The number of anilines is 3. The first kappa shape index (κ1) is 24.4. The number of hydrogen-bond acceptors (Lipinski definition) is 9. The summed E-state index contributed by atoms with van der Waals surface area (Å²) < 4.78 is 18.0. The predicted octanol–water partition coefficient (Wildman–Crippen LogP) is 4.00. The first-order valence-corrected chi connectivity index (χ1v) is 11.4. The van der Waals surface area contributed by atoms with Crippen molar-refractivity contribution in [2.45, 2.75) is 51.7 Å². The second-order valence-electron chi connectivity index (χ2n) is 9.30. The molecule has 1 saturated carbocycles. The van der Waals surface area contributed by atoms with Gasteiger partial charge in [0.1, 0.15) is 29.5 Å². The maximum Gasteiger partial charge on any atom is 0.415 e. The zero-order valence-electron chi connectivity index (χ0n) is 20.6. The van der Waals surface area contributed by atoms with Gasteiger partial charge in [0, 0.05) is 19.3 Å². The molecule has 0 aliphatic heterocycles. The number of Topliss-reactive ketones (excluding diaryl/α,β-unsaturated/α-hetero) is 1. The van der Waals surface area contributed by atoms with Gasteiger partial charge in [-0.05, 0) is 52.2 Å². The summed E-state index contributed by atoms with van der Waals surface area (Å²) in [5.41, 5.74) is 0.458. The van der Waals surface area contributed by atoms with Crippen LogP contribution in [0.15, 0.2) is 30.6 Å². The van der Waals surface area contributed by atoms with E-state index in [1.165, 1.54) is 22.7 Å². The molecule has 1 fully saturated rings. The van der Waals surface area contributed by atoms with Gasteiger partial charge in [-0.1, -0.05) is 0 Å². The first-order valence-electron chi connectivity index (χ1n) is 11.4. The van der Waals surface area contributed by atoms with Crippen molar-refractivity contribution in [3.05, 3.63) is 36.2 Å². The van der Waals surface area contributed by atoms with Crippen molar-refractivity contribution in [1.29, 1.82) is 0 Å². The average Bonchev–Trinajstić information content (AvgIpc) is 3.20. The summed E-state index contributed by atoms with van der Waals surface area (Å²) in [5, 5.41) is 7.51. The highest BCUT2D eigenvalue weighted by Crippen LogP contribution is 2.29. The Bertz CT molecular complexity index is 1230. The fourth-order valence-electron chi connectivity index (χ4n) is 3.47. The van der Waals surface area contributed by atoms with Gasteiger partial charge in [-0.15, -0.1) is 0 Å². The van der Waals surface area contributed by atoms with E-state index in [2.05, 4.69) is 20.4 Å². The van der Waals surface area contributed by atoms with E-state index in [0.29, 0.717) is 28.8 Å². The highest BCUT2D eigenvalue weighted by atomic mass is 16.6. The summed E-state index contributed by atoms with van der Waals surface area (Å²) in [4.78, 5) is 35.9. The second-order valence-corrected chi connectivity index (χ2v) is 9.30. The molecule has 0 saturated heterocycles. The van der Waals surface area contributed by atoms with Crippen LogP contribution in [0.4, 0.5) is 22.1 Å². The third kappa shape index (κ3) is 5.51. The Hall–Kier alpha value is -3.73. The summed E-state index contributed by atoms with van der Waals surface area (Å²) in [6.45, 7) is 5.30. The number of fused-ring (bicyclic) bond motifs is 1. The largest absolute Gasteiger partial charge is 0.480 e. The lowest BCUT2D eigenvalue weighted by atomic mass is 9.96. The lowest BCUT2D eigenvalue weighted by molar-refractivity contribution is 0.00737. The van der Waals surface area contributed by atoms with Crippen LogP contribution in [-0.2, 0) is 9.47 Å². The van der Waals surface area contributed by atoms with E-state index >= 15 is 0 Å². The van der Waals surface area contributed by atoms with Crippen LogP contribution >= 0.6 is 0 Å². The lowest BCUT2D eigenvalue weighted by Gasteiger charge is -2.25. The number of methoxy groups -OCH3 is 1. The lowest BCUT2D eigenvalue weighted by Crippen LogP contribution is -2.35. The van der Waals surface area contributed by atoms with Gasteiger partial charge in [0.15, 0.2) is 11.4 Å². The molecule has 0 unspecified atom stereocenters. The Kier molecular flexibility index (Phi) is 6.88. The number of hydrogen-bond donors (Lipinski definition) is 1. The molecule has 1 N–H and O–H groups in total. The molecule has 1 amide bonds. The van der Waals surface area contributed by atoms with Crippen molar-refractivity contribution in [3.63, 3.8) is 0 Å². The number of aromatic nitrogens is 4. The summed E-state index contributed by atoms with van der Waals surface area (Å²) in [6.07, 6.45) is 5.64. The molecular formula is C24H30N6O5. The molecule has 3 aromatic heterocycles. The van der Waals surface area contributed by atoms with E-state index in [1.54, 1.807) is 52.2 Å². The van der Waals surface area contributed by atoms with Gasteiger partial charge in [-0.3, -0.25) is 9.69 Å². The first-order chi connectivity index (χ1) is 16.7. The van der Waals surface area contributed by atoms with Gasteiger partial charge in [0.25, 0.3) is 0 Å². The zero-order valence-corrected chi connectivity index (χ0v) is 20.6. The molecule has 1 aliphatic carbocycles. The van der Waals surface area contributed by atoms with Crippen LogP contribution in [0.2, 0.25) is 0 Å². The van der Waals surface area contributed by atoms with E-state index in [9.17, 15) is 9.59 Å². The molecule has 0 radical (unpaired) electrons. The molecule has 0 aromatic carbocycles. The summed E-state index contributed by atoms with van der Waals surface area (Å²) >= 11 is 0. The van der Waals surface area contributed by atoms with Crippen LogP contribution in [0.5, 0.6) is 5.88 Å². The van der Waals surface area contributed by atoms with E-state index in [4.69, 9.17) is 14.2 Å². The molecule has 11 nitrogen and oxygen atoms in total. The van der Waals surface area contributed by atoms with Gasteiger partial charge in [0.2, 0.25) is 5.88 Å². The smallest absolute Gasteiger partial charge is 0.415 e. The van der Waals surface area contributed by atoms with Crippen LogP contribution < -0.4 is 15.0 Å². The molecule has 3 heterocycles. The van der Waals surface area contributed by atoms with Crippen molar-refractivity contribution >= 4 is 34.8 Å². The Morgan fingerprint density at radius 3 is 2.71 bits per heavy atom. The Labute approximate surface area is 203 Å². The minimum absolute atomic E-state index is 0.0565. The van der Waals surface area contributed by atoms with Crippen molar-refractivity contribution < 1.29 is 23.8 Å². The fourth-order valence-corrected chi connectivity index (χ4v) is 3.47. The molecule has 11 heteroatoms. The number of ether oxygens (including phenoxy) is 3. The van der Waals surface area contributed by atoms with Crippen LogP contribution in [0.25, 0.3) is 5.65 Å². The normalized spacial score (nSPS) is 13.9. The number of pyridine rings is 1. The highest BCUT2D eigenvalue weighted by Gasteiger charge is 2.26. The summed E-state index contributed by atoms with van der Waals surface area (Å²) in [5.74, 6) is 0.855. The maximum absolute atomic E-state index is 13.0. The van der Waals surface area contributed by atoms with Crippen LogP contribution in [0.1, 0.15) is 50.4 Å². The van der Waals surface area contributed by atoms with Crippen LogP contribution in [-0.4, -0.2) is 63.9 Å². The molecule has 4 rings (SSSR count). The average molecular weight is 483 g/mol. The van der Waals surface area contributed by atoms with Gasteiger partial charge >= 0.3 is 6.09 Å². The third-order valence-electron chi connectivity index (χ3n) is 5.49. The number of carbonyl (C=O) groups is 2. The minimum atomic E-state index is -0.689. The van der Waals surface area contributed by atoms with Crippen LogP contribution in [0, 0.1) is 0 Å². The Balaban J connectivity index is 1.73. The number of ketones is 1. The SMILES string of the molecule is COc1ncccc1Nc1cc(N(C)C(=O)OC(C)(C)C)n2ncc(C(=O)COC3CCC3)c2n1. The fraction of sp³-hybridized carbons (Fsp3) is 0.458. The van der Waals surface area contributed by atoms with Crippen molar-refractivity contribution in [1.82, 2.24) is 19.6 Å². The Morgan fingerprint density at radius 2 is 2.06 bits per heavy atom. The number of amides is 1. The van der Waals surface area contributed by atoms with E-state index in [-0.39, 0.29) is 24.1 Å². The van der Waals surface area contributed by atoms with Crippen molar-refractivity contribution in [3.8, 4) is 5.88 Å². The number of nitrogens with zero attached hydrogens (tertiary/aromatic N) is 5. The predicted molar refractivity (Wildman–Crippen MR) is 130 cm³/mol. The number of rotatable bonds is 8. The van der Waals surface area contributed by atoms with E-state index < -0.39 is 11.7 Å². The minimum Gasteiger partial charge on any atom is -0.480 e. The van der Waals surface area contributed by atoms with Crippen LogP contribution in [0.3, 0.4) is 0 Å². The van der Waals surface area contributed by atoms with Gasteiger partial charge in [-0.25, -0.2) is 14.8 Å². The van der Waals surface area contributed by atoms with E-state index in [1.807, 2.05) is 0 Å². The number of nitrogens with one attached hydrogen (secondary N) is 1. The molecule has 0 bridgehead atoms. The molecule has 1 aliphatic rings. The van der Waals surface area contributed by atoms with Gasteiger partial charge in [0.05, 0.1) is 25.0 Å². The molecular weight excluding hydrogens is 452 g/mol. The summed E-state index contributed by atoms with van der Waals surface area (Å²) in [6, 6.07) is 5.17.